The van der Waals surface area contributed by atoms with Gasteiger partial charge in [-0.2, -0.15) is 0 Å². The third-order valence-electron chi connectivity index (χ3n) is 2.73. The van der Waals surface area contributed by atoms with Crippen molar-refractivity contribution in [2.75, 3.05) is 11.9 Å². The summed E-state index contributed by atoms with van der Waals surface area (Å²) in [7, 11) is 0. The second-order valence-electron chi connectivity index (χ2n) is 4.14. The van der Waals surface area contributed by atoms with Crippen molar-refractivity contribution in [1.29, 1.82) is 0 Å². The topological polar surface area (TPSA) is 12.0 Å². The smallest absolute Gasteiger partial charge is 0.139 e. The zero-order valence-corrected chi connectivity index (χ0v) is 11.6. The predicted octanol–water partition coefficient (Wildman–Crippen LogP) is 4.63. The fraction of sp³-hybridized carbons (Fsp3) is 0.200. The van der Waals surface area contributed by atoms with Gasteiger partial charge in [0, 0.05) is 12.2 Å². The van der Waals surface area contributed by atoms with Crippen LogP contribution < -0.4 is 5.32 Å². The molecule has 0 saturated heterocycles. The lowest BCUT2D eigenvalue weighted by atomic mass is 10.1. The quantitative estimate of drug-likeness (QED) is 0.794. The summed E-state index contributed by atoms with van der Waals surface area (Å²) >= 11 is 3.14. The highest BCUT2D eigenvalue weighted by atomic mass is 79.9. The molecule has 2 aromatic rings. The summed E-state index contributed by atoms with van der Waals surface area (Å²) in [4.78, 5) is 0. The first-order valence-electron chi connectivity index (χ1n) is 5.98. The summed E-state index contributed by atoms with van der Waals surface area (Å²) in [6.45, 7) is 0.843. The van der Waals surface area contributed by atoms with E-state index >= 15 is 0 Å². The summed E-state index contributed by atoms with van der Waals surface area (Å²) in [6, 6.07) is 15.5. The number of rotatable bonds is 5. The molecule has 0 aromatic heterocycles. The maximum Gasteiger partial charge on any atom is 0.139 e. The molecule has 0 saturated carbocycles. The van der Waals surface area contributed by atoms with Crippen molar-refractivity contribution in [1.82, 2.24) is 0 Å². The van der Waals surface area contributed by atoms with Crippen molar-refractivity contribution in [3.05, 3.63) is 64.4 Å². The maximum atomic E-state index is 13.3. The standard InChI is InChI=1S/C15H15BrFN/c16-14-9-8-13(11-15(14)17)18-10-4-7-12-5-2-1-3-6-12/h1-3,5-6,8-9,11,18H,4,7,10H2. The highest BCUT2D eigenvalue weighted by Crippen LogP contribution is 2.19. The third kappa shape index (κ3) is 3.84. The van der Waals surface area contributed by atoms with Crippen molar-refractivity contribution < 1.29 is 4.39 Å². The van der Waals surface area contributed by atoms with Crippen molar-refractivity contribution in [3.8, 4) is 0 Å². The van der Waals surface area contributed by atoms with E-state index in [1.165, 1.54) is 11.6 Å². The lowest BCUT2D eigenvalue weighted by molar-refractivity contribution is 0.621. The first kappa shape index (κ1) is 13.1. The van der Waals surface area contributed by atoms with Crippen LogP contribution in [-0.2, 0) is 6.42 Å². The zero-order chi connectivity index (χ0) is 12.8. The van der Waals surface area contributed by atoms with Crippen molar-refractivity contribution in [2.24, 2.45) is 0 Å². The van der Waals surface area contributed by atoms with Crippen molar-refractivity contribution in [2.45, 2.75) is 12.8 Å². The SMILES string of the molecule is Fc1cc(NCCCc2ccccc2)ccc1Br. The van der Waals surface area contributed by atoms with Crippen molar-refractivity contribution >= 4 is 21.6 Å². The van der Waals surface area contributed by atoms with Gasteiger partial charge in [-0.05, 0) is 52.5 Å². The number of aryl methyl sites for hydroxylation is 1. The molecule has 0 heterocycles. The molecule has 94 valence electrons. The van der Waals surface area contributed by atoms with Gasteiger partial charge in [-0.1, -0.05) is 30.3 Å². The molecule has 18 heavy (non-hydrogen) atoms. The van der Waals surface area contributed by atoms with Crippen LogP contribution in [0.1, 0.15) is 12.0 Å². The largest absolute Gasteiger partial charge is 0.385 e. The van der Waals surface area contributed by atoms with Crippen LogP contribution in [0.4, 0.5) is 10.1 Å². The maximum absolute atomic E-state index is 13.3. The highest BCUT2D eigenvalue weighted by Gasteiger charge is 1.99. The number of anilines is 1. The predicted molar refractivity (Wildman–Crippen MR) is 77.4 cm³/mol. The van der Waals surface area contributed by atoms with Crippen LogP contribution in [0.5, 0.6) is 0 Å². The zero-order valence-electron chi connectivity index (χ0n) is 10.00. The molecule has 0 spiro atoms. The van der Waals surface area contributed by atoms with E-state index in [4.69, 9.17) is 0 Å². The van der Waals surface area contributed by atoms with Crippen LogP contribution in [0.2, 0.25) is 0 Å². The molecule has 0 bridgehead atoms. The second kappa shape index (κ2) is 6.55. The Morgan fingerprint density at radius 3 is 2.56 bits per heavy atom. The molecule has 3 heteroatoms. The van der Waals surface area contributed by atoms with E-state index in [9.17, 15) is 4.39 Å². The Bertz CT molecular complexity index is 499. The van der Waals surface area contributed by atoms with E-state index in [0.29, 0.717) is 4.47 Å². The molecule has 0 unspecified atom stereocenters. The van der Waals surface area contributed by atoms with Crippen LogP contribution in [-0.4, -0.2) is 6.54 Å². The van der Waals surface area contributed by atoms with E-state index in [1.54, 1.807) is 6.07 Å². The lowest BCUT2D eigenvalue weighted by Crippen LogP contribution is -2.03. The molecule has 0 aliphatic carbocycles. The van der Waals surface area contributed by atoms with Crippen LogP contribution in [0.3, 0.4) is 0 Å². The minimum Gasteiger partial charge on any atom is -0.385 e. The van der Waals surface area contributed by atoms with Gasteiger partial charge in [-0.25, -0.2) is 4.39 Å². The van der Waals surface area contributed by atoms with Gasteiger partial charge in [0.25, 0.3) is 0 Å². The number of hydrogen-bond donors (Lipinski definition) is 1. The molecule has 0 atom stereocenters. The van der Waals surface area contributed by atoms with Gasteiger partial charge in [0.1, 0.15) is 5.82 Å². The number of hydrogen-bond acceptors (Lipinski definition) is 1. The molecule has 2 rings (SSSR count). The number of benzene rings is 2. The Balaban J connectivity index is 1.77. The monoisotopic (exact) mass is 307 g/mol. The van der Waals surface area contributed by atoms with Gasteiger partial charge in [0.2, 0.25) is 0 Å². The highest BCUT2D eigenvalue weighted by molar-refractivity contribution is 9.10. The van der Waals surface area contributed by atoms with E-state index in [1.807, 2.05) is 24.3 Å². The first-order chi connectivity index (χ1) is 8.75. The average Bonchev–Trinajstić information content (AvgIpc) is 2.40. The lowest BCUT2D eigenvalue weighted by Gasteiger charge is -2.07. The summed E-state index contributed by atoms with van der Waals surface area (Å²) in [5.74, 6) is -0.233. The molecule has 2 aromatic carbocycles. The van der Waals surface area contributed by atoms with Gasteiger partial charge in [0.15, 0.2) is 0 Å². The Kier molecular flexibility index (Phi) is 4.76. The Labute approximate surface area is 115 Å². The fourth-order valence-corrected chi connectivity index (χ4v) is 2.02. The van der Waals surface area contributed by atoms with Crippen molar-refractivity contribution in [3.63, 3.8) is 0 Å². The molecule has 0 aliphatic heterocycles. The molecule has 0 fully saturated rings. The van der Waals surface area contributed by atoms with Crippen LogP contribution in [0.25, 0.3) is 0 Å². The summed E-state index contributed by atoms with van der Waals surface area (Å²) in [6.07, 6.45) is 2.06. The molecular formula is C15H15BrFN. The Hall–Kier alpha value is -1.35. The van der Waals surface area contributed by atoms with Gasteiger partial charge in [-0.3, -0.25) is 0 Å². The van der Waals surface area contributed by atoms with E-state index in [-0.39, 0.29) is 5.82 Å². The molecule has 0 amide bonds. The molecule has 1 nitrogen and oxygen atoms in total. The van der Waals surface area contributed by atoms with Gasteiger partial charge < -0.3 is 5.32 Å². The fourth-order valence-electron chi connectivity index (χ4n) is 1.78. The average molecular weight is 308 g/mol. The Morgan fingerprint density at radius 1 is 1.06 bits per heavy atom. The number of nitrogens with one attached hydrogen (secondary N) is 1. The molecule has 1 N–H and O–H groups in total. The van der Waals surface area contributed by atoms with E-state index in [0.717, 1.165) is 25.1 Å². The first-order valence-corrected chi connectivity index (χ1v) is 6.78. The molecule has 0 aliphatic rings. The minimum absolute atomic E-state index is 0.233. The third-order valence-corrected chi connectivity index (χ3v) is 3.38. The number of halogens is 2. The van der Waals surface area contributed by atoms with Gasteiger partial charge >= 0.3 is 0 Å². The molecular weight excluding hydrogens is 293 g/mol. The van der Waals surface area contributed by atoms with E-state index < -0.39 is 0 Å². The summed E-state index contributed by atoms with van der Waals surface area (Å²) in [5.41, 5.74) is 2.16. The molecule has 0 radical (unpaired) electrons. The van der Waals surface area contributed by atoms with Gasteiger partial charge in [-0.15, -0.1) is 0 Å². The Morgan fingerprint density at radius 2 is 1.83 bits per heavy atom. The van der Waals surface area contributed by atoms with Crippen LogP contribution in [0, 0.1) is 5.82 Å². The van der Waals surface area contributed by atoms with Crippen LogP contribution >= 0.6 is 15.9 Å². The minimum atomic E-state index is -0.233. The van der Waals surface area contributed by atoms with Gasteiger partial charge in [0.05, 0.1) is 4.47 Å². The summed E-state index contributed by atoms with van der Waals surface area (Å²) < 4.78 is 13.8. The van der Waals surface area contributed by atoms with Crippen LogP contribution in [0.15, 0.2) is 53.0 Å². The normalized spacial score (nSPS) is 10.3. The van der Waals surface area contributed by atoms with E-state index in [2.05, 4.69) is 33.4 Å². The second-order valence-corrected chi connectivity index (χ2v) is 5.00. The summed E-state index contributed by atoms with van der Waals surface area (Å²) in [5, 5.41) is 3.22.